The molecule has 0 radical (unpaired) electrons. The molecule has 0 atom stereocenters. The first-order valence-electron chi connectivity index (χ1n) is 6.18. The molecule has 1 aromatic carbocycles. The number of hydrogen-bond donors (Lipinski definition) is 1. The van der Waals surface area contributed by atoms with Crippen molar-refractivity contribution in [2.24, 2.45) is 0 Å². The molecule has 4 nitrogen and oxygen atoms in total. The normalized spacial score (nSPS) is 11.0. The third-order valence-corrected chi connectivity index (χ3v) is 2.93. The van der Waals surface area contributed by atoms with Gasteiger partial charge in [-0.2, -0.15) is 0 Å². The zero-order chi connectivity index (χ0) is 13.7. The Morgan fingerprint density at radius 1 is 1.22 bits per heavy atom. The summed E-state index contributed by atoms with van der Waals surface area (Å²) in [5, 5.41) is 0. The predicted molar refractivity (Wildman–Crippen MR) is 75.1 cm³/mol. The molecule has 0 aliphatic rings. The second-order valence-electron chi connectivity index (χ2n) is 5.03. The summed E-state index contributed by atoms with van der Waals surface area (Å²) in [4.78, 5) is 15.5. The van der Waals surface area contributed by atoms with Gasteiger partial charge in [0, 0.05) is 32.4 Å². The second kappa shape index (κ2) is 6.40. The Balaban J connectivity index is 2.68. The van der Waals surface area contributed by atoms with Gasteiger partial charge in [0.05, 0.1) is 6.54 Å². The van der Waals surface area contributed by atoms with E-state index in [4.69, 9.17) is 5.73 Å². The Morgan fingerprint density at radius 2 is 1.78 bits per heavy atom. The summed E-state index contributed by atoms with van der Waals surface area (Å²) in [6.45, 7) is 5.40. The van der Waals surface area contributed by atoms with Gasteiger partial charge in [-0.05, 0) is 31.5 Å². The lowest BCUT2D eigenvalue weighted by molar-refractivity contribution is -0.130. The average Bonchev–Trinajstić information content (AvgIpc) is 2.30. The molecule has 0 bridgehead atoms. The first kappa shape index (κ1) is 14.5. The molecule has 1 rings (SSSR count). The smallest absolute Gasteiger partial charge is 0.236 e. The van der Waals surface area contributed by atoms with E-state index in [0.29, 0.717) is 12.6 Å². The molecule has 100 valence electrons. The number of rotatable bonds is 5. The molecule has 0 saturated heterocycles. The van der Waals surface area contributed by atoms with Crippen LogP contribution in [0, 0.1) is 0 Å². The van der Waals surface area contributed by atoms with E-state index in [1.807, 2.05) is 24.3 Å². The van der Waals surface area contributed by atoms with Gasteiger partial charge in [-0.25, -0.2) is 0 Å². The predicted octanol–water partition coefficient (Wildman–Crippen LogP) is 1.57. The number of anilines is 1. The van der Waals surface area contributed by atoms with Crippen LogP contribution in [0.15, 0.2) is 24.3 Å². The number of nitrogens with zero attached hydrogens (tertiary/aromatic N) is 2. The first-order chi connectivity index (χ1) is 8.40. The van der Waals surface area contributed by atoms with Gasteiger partial charge >= 0.3 is 0 Å². The van der Waals surface area contributed by atoms with Gasteiger partial charge in [-0.3, -0.25) is 9.69 Å². The first-order valence-corrected chi connectivity index (χ1v) is 6.18. The van der Waals surface area contributed by atoms with Crippen LogP contribution in [0.1, 0.15) is 19.4 Å². The number of likely N-dealkylation sites (N-methyl/N-ethyl adjacent to an activating group) is 1. The highest BCUT2D eigenvalue weighted by atomic mass is 16.2. The van der Waals surface area contributed by atoms with Gasteiger partial charge < -0.3 is 10.6 Å². The molecule has 0 saturated carbocycles. The Kier molecular flexibility index (Phi) is 5.16. The zero-order valence-electron chi connectivity index (χ0n) is 11.7. The summed E-state index contributed by atoms with van der Waals surface area (Å²) < 4.78 is 0. The molecule has 0 aromatic heterocycles. The second-order valence-corrected chi connectivity index (χ2v) is 5.03. The van der Waals surface area contributed by atoms with Crippen LogP contribution in [0.4, 0.5) is 5.69 Å². The van der Waals surface area contributed by atoms with Gasteiger partial charge in [-0.1, -0.05) is 12.1 Å². The topological polar surface area (TPSA) is 49.6 Å². The van der Waals surface area contributed by atoms with E-state index in [9.17, 15) is 4.79 Å². The molecular weight excluding hydrogens is 226 g/mol. The molecule has 0 unspecified atom stereocenters. The van der Waals surface area contributed by atoms with Crippen LogP contribution in [0.5, 0.6) is 0 Å². The number of benzene rings is 1. The molecule has 18 heavy (non-hydrogen) atoms. The SMILES string of the molecule is CC(C)N(CC(=O)N(C)C)Cc1ccc(N)cc1. The summed E-state index contributed by atoms with van der Waals surface area (Å²) in [5.74, 6) is 0.124. The summed E-state index contributed by atoms with van der Waals surface area (Å²) in [6, 6.07) is 8.12. The fourth-order valence-electron chi connectivity index (χ4n) is 1.59. The van der Waals surface area contributed by atoms with Crippen LogP contribution in [0.25, 0.3) is 0 Å². The number of carbonyl (C=O) groups is 1. The molecule has 0 spiro atoms. The number of carbonyl (C=O) groups excluding carboxylic acids is 1. The van der Waals surface area contributed by atoms with E-state index in [1.165, 1.54) is 5.56 Å². The van der Waals surface area contributed by atoms with Crippen LogP contribution in [-0.4, -0.2) is 42.4 Å². The van der Waals surface area contributed by atoms with Crippen molar-refractivity contribution in [3.8, 4) is 0 Å². The lowest BCUT2D eigenvalue weighted by Gasteiger charge is -2.27. The maximum atomic E-state index is 11.8. The van der Waals surface area contributed by atoms with Crippen molar-refractivity contribution < 1.29 is 4.79 Å². The van der Waals surface area contributed by atoms with Gasteiger partial charge in [0.1, 0.15) is 0 Å². The Labute approximate surface area is 109 Å². The van der Waals surface area contributed by atoms with Crippen molar-refractivity contribution in [1.29, 1.82) is 0 Å². The minimum Gasteiger partial charge on any atom is -0.399 e. The van der Waals surface area contributed by atoms with Crippen LogP contribution in [0.2, 0.25) is 0 Å². The summed E-state index contributed by atoms with van der Waals surface area (Å²) in [5.41, 5.74) is 7.60. The number of hydrogen-bond acceptors (Lipinski definition) is 3. The maximum Gasteiger partial charge on any atom is 0.236 e. The molecular formula is C14H23N3O. The molecule has 0 aliphatic heterocycles. The number of nitrogens with two attached hydrogens (primary N) is 1. The molecule has 1 amide bonds. The lowest BCUT2D eigenvalue weighted by Crippen LogP contribution is -2.39. The van der Waals surface area contributed by atoms with Crippen molar-refractivity contribution in [3.05, 3.63) is 29.8 Å². The molecule has 2 N–H and O–H groups in total. The van der Waals surface area contributed by atoms with E-state index >= 15 is 0 Å². The van der Waals surface area contributed by atoms with Crippen molar-refractivity contribution in [2.45, 2.75) is 26.4 Å². The third kappa shape index (κ3) is 4.37. The fraction of sp³-hybridized carbons (Fsp3) is 0.500. The largest absolute Gasteiger partial charge is 0.399 e. The number of amides is 1. The Bertz CT molecular complexity index is 385. The van der Waals surface area contributed by atoms with Gasteiger partial charge in [0.2, 0.25) is 5.91 Å². The maximum absolute atomic E-state index is 11.8. The monoisotopic (exact) mass is 249 g/mol. The van der Waals surface area contributed by atoms with Gasteiger partial charge in [-0.15, -0.1) is 0 Å². The lowest BCUT2D eigenvalue weighted by atomic mass is 10.1. The molecule has 0 fully saturated rings. The van der Waals surface area contributed by atoms with E-state index in [1.54, 1.807) is 19.0 Å². The summed E-state index contributed by atoms with van der Waals surface area (Å²) in [6.07, 6.45) is 0. The summed E-state index contributed by atoms with van der Waals surface area (Å²) >= 11 is 0. The Morgan fingerprint density at radius 3 is 2.22 bits per heavy atom. The van der Waals surface area contributed by atoms with E-state index in [0.717, 1.165) is 12.2 Å². The van der Waals surface area contributed by atoms with Crippen molar-refractivity contribution >= 4 is 11.6 Å². The Hall–Kier alpha value is -1.55. The van der Waals surface area contributed by atoms with E-state index in [2.05, 4.69) is 18.7 Å². The minimum absolute atomic E-state index is 0.124. The molecule has 4 heteroatoms. The summed E-state index contributed by atoms with van der Waals surface area (Å²) in [7, 11) is 3.56. The van der Waals surface area contributed by atoms with Crippen molar-refractivity contribution in [3.63, 3.8) is 0 Å². The zero-order valence-corrected chi connectivity index (χ0v) is 11.7. The quantitative estimate of drug-likeness (QED) is 0.806. The minimum atomic E-state index is 0.124. The highest BCUT2D eigenvalue weighted by Gasteiger charge is 2.15. The highest BCUT2D eigenvalue weighted by Crippen LogP contribution is 2.11. The molecule has 0 aliphatic carbocycles. The highest BCUT2D eigenvalue weighted by molar-refractivity contribution is 5.77. The van der Waals surface area contributed by atoms with Crippen LogP contribution in [-0.2, 0) is 11.3 Å². The molecule has 1 aromatic rings. The fourth-order valence-corrected chi connectivity index (χ4v) is 1.59. The van der Waals surface area contributed by atoms with Crippen LogP contribution < -0.4 is 5.73 Å². The third-order valence-electron chi connectivity index (χ3n) is 2.93. The van der Waals surface area contributed by atoms with Crippen LogP contribution >= 0.6 is 0 Å². The average molecular weight is 249 g/mol. The van der Waals surface area contributed by atoms with Gasteiger partial charge in [0.25, 0.3) is 0 Å². The van der Waals surface area contributed by atoms with E-state index < -0.39 is 0 Å². The molecule has 0 heterocycles. The van der Waals surface area contributed by atoms with Crippen LogP contribution in [0.3, 0.4) is 0 Å². The number of nitrogen functional groups attached to an aromatic ring is 1. The standard InChI is InChI=1S/C14H23N3O/c1-11(2)17(10-14(18)16(3)4)9-12-5-7-13(15)8-6-12/h5-8,11H,9-10,15H2,1-4H3. The van der Waals surface area contributed by atoms with E-state index in [-0.39, 0.29) is 5.91 Å². The van der Waals surface area contributed by atoms with Crippen molar-refractivity contribution in [2.75, 3.05) is 26.4 Å². The van der Waals surface area contributed by atoms with Crippen molar-refractivity contribution in [1.82, 2.24) is 9.80 Å². The van der Waals surface area contributed by atoms with Gasteiger partial charge in [0.15, 0.2) is 0 Å².